The van der Waals surface area contributed by atoms with Crippen LogP contribution in [0.5, 0.6) is 0 Å². The maximum atomic E-state index is 12.2. The summed E-state index contributed by atoms with van der Waals surface area (Å²) < 4.78 is 1.71. The van der Waals surface area contributed by atoms with Gasteiger partial charge >= 0.3 is 0 Å². The average Bonchev–Trinajstić information content (AvgIpc) is 2.54. The van der Waals surface area contributed by atoms with Crippen LogP contribution in [0.1, 0.15) is 61.0 Å². The van der Waals surface area contributed by atoms with Gasteiger partial charge in [0.15, 0.2) is 5.78 Å². The molecule has 3 nitrogen and oxygen atoms in total. The molecule has 1 aromatic carbocycles. The van der Waals surface area contributed by atoms with E-state index in [9.17, 15) is 9.59 Å². The van der Waals surface area contributed by atoms with Crippen LogP contribution in [0.25, 0.3) is 0 Å². The largest absolute Gasteiger partial charge is 0.311 e. The third-order valence-electron chi connectivity index (χ3n) is 4.09. The van der Waals surface area contributed by atoms with Crippen LogP contribution in [-0.2, 0) is 13.0 Å². The van der Waals surface area contributed by atoms with E-state index in [2.05, 4.69) is 6.92 Å². The number of nitrogens with zero attached hydrogens (tertiary/aromatic N) is 1. The van der Waals surface area contributed by atoms with Crippen LogP contribution in [0, 0.1) is 0 Å². The van der Waals surface area contributed by atoms with E-state index in [4.69, 9.17) is 0 Å². The number of benzene rings is 1. The zero-order valence-corrected chi connectivity index (χ0v) is 14.0. The maximum absolute atomic E-state index is 12.2. The lowest BCUT2D eigenvalue weighted by atomic mass is 10.1. The molecule has 0 unspecified atom stereocenters. The number of carbonyl (C=O) groups excluding carboxylic acids is 1. The summed E-state index contributed by atoms with van der Waals surface area (Å²) in [5.41, 5.74) is 2.87. The molecule has 2 aromatic rings. The van der Waals surface area contributed by atoms with Gasteiger partial charge in [0.1, 0.15) is 0 Å². The Hall–Kier alpha value is -2.16. The van der Waals surface area contributed by atoms with E-state index < -0.39 is 0 Å². The van der Waals surface area contributed by atoms with Gasteiger partial charge in [-0.2, -0.15) is 0 Å². The van der Waals surface area contributed by atoms with Crippen molar-refractivity contribution in [1.29, 1.82) is 0 Å². The predicted octanol–water partition coefficient (Wildman–Crippen LogP) is 4.22. The minimum Gasteiger partial charge on any atom is -0.311 e. The molecule has 0 saturated carbocycles. The first-order chi connectivity index (χ1) is 11.1. The Labute approximate surface area is 138 Å². The highest BCUT2D eigenvalue weighted by Gasteiger charge is 2.02. The van der Waals surface area contributed by atoms with Crippen molar-refractivity contribution >= 4 is 5.78 Å². The first kappa shape index (κ1) is 17.2. The second-order valence-corrected chi connectivity index (χ2v) is 6.06. The van der Waals surface area contributed by atoms with Crippen LogP contribution >= 0.6 is 0 Å². The Balaban J connectivity index is 2.00. The standard InChI is InChI=1S/C20H25NO2/c1-3-4-5-6-7-17-12-13-21(20(23)14-17)15-18-8-10-19(11-9-18)16(2)22/h8-14H,3-7,15H2,1-2H3. The molecule has 0 radical (unpaired) electrons. The molecule has 2 rings (SSSR count). The van der Waals surface area contributed by atoms with Gasteiger partial charge in [0.2, 0.25) is 0 Å². The highest BCUT2D eigenvalue weighted by molar-refractivity contribution is 5.93. The summed E-state index contributed by atoms with van der Waals surface area (Å²) in [7, 11) is 0. The van der Waals surface area contributed by atoms with Crippen molar-refractivity contribution in [2.75, 3.05) is 0 Å². The monoisotopic (exact) mass is 311 g/mol. The first-order valence-electron chi connectivity index (χ1n) is 8.39. The number of Topliss-reactive ketones (excluding diaryl/α,β-unsaturated/α-hetero) is 1. The zero-order valence-electron chi connectivity index (χ0n) is 14.0. The van der Waals surface area contributed by atoms with E-state index in [-0.39, 0.29) is 11.3 Å². The number of hydrogen-bond donors (Lipinski definition) is 0. The highest BCUT2D eigenvalue weighted by Crippen LogP contribution is 2.08. The van der Waals surface area contributed by atoms with Gasteiger partial charge < -0.3 is 4.57 Å². The van der Waals surface area contributed by atoms with Crippen molar-refractivity contribution in [1.82, 2.24) is 4.57 Å². The van der Waals surface area contributed by atoms with Crippen molar-refractivity contribution in [2.24, 2.45) is 0 Å². The molecule has 23 heavy (non-hydrogen) atoms. The van der Waals surface area contributed by atoms with Gasteiger partial charge in [-0.3, -0.25) is 9.59 Å². The lowest BCUT2D eigenvalue weighted by molar-refractivity contribution is 0.101. The van der Waals surface area contributed by atoms with Crippen molar-refractivity contribution < 1.29 is 4.79 Å². The molecular weight excluding hydrogens is 286 g/mol. The van der Waals surface area contributed by atoms with Gasteiger partial charge in [-0.05, 0) is 37.0 Å². The van der Waals surface area contributed by atoms with Gasteiger partial charge in [0.25, 0.3) is 5.56 Å². The molecule has 0 bridgehead atoms. The summed E-state index contributed by atoms with van der Waals surface area (Å²) in [5, 5.41) is 0. The Kier molecular flexibility index (Phi) is 6.33. The second-order valence-electron chi connectivity index (χ2n) is 6.06. The summed E-state index contributed by atoms with van der Waals surface area (Å²) >= 11 is 0. The Morgan fingerprint density at radius 3 is 2.35 bits per heavy atom. The fraction of sp³-hybridized carbons (Fsp3) is 0.400. The molecule has 1 aromatic heterocycles. The number of unbranched alkanes of at least 4 members (excludes halogenated alkanes) is 3. The summed E-state index contributed by atoms with van der Waals surface area (Å²) in [4.78, 5) is 23.5. The molecule has 0 spiro atoms. The third kappa shape index (κ3) is 5.20. The molecule has 0 N–H and O–H groups in total. The average molecular weight is 311 g/mol. The topological polar surface area (TPSA) is 39.1 Å². The number of aryl methyl sites for hydroxylation is 1. The Bertz CT molecular complexity index is 698. The van der Waals surface area contributed by atoms with E-state index >= 15 is 0 Å². The molecule has 0 fully saturated rings. The number of rotatable bonds is 8. The van der Waals surface area contributed by atoms with Crippen molar-refractivity contribution in [2.45, 2.75) is 52.5 Å². The molecule has 1 heterocycles. The predicted molar refractivity (Wildman–Crippen MR) is 94.1 cm³/mol. The number of hydrogen-bond acceptors (Lipinski definition) is 2. The summed E-state index contributed by atoms with van der Waals surface area (Å²) in [5.74, 6) is 0.0566. The van der Waals surface area contributed by atoms with Crippen LogP contribution in [0.4, 0.5) is 0 Å². The Morgan fingerprint density at radius 1 is 1.00 bits per heavy atom. The van der Waals surface area contributed by atoms with Crippen LogP contribution in [0.3, 0.4) is 0 Å². The SMILES string of the molecule is CCCCCCc1ccn(Cc2ccc(C(C)=O)cc2)c(=O)c1. The zero-order chi connectivity index (χ0) is 16.7. The smallest absolute Gasteiger partial charge is 0.251 e. The molecule has 0 aliphatic heterocycles. The van der Waals surface area contributed by atoms with E-state index in [1.54, 1.807) is 17.6 Å². The van der Waals surface area contributed by atoms with E-state index in [0.29, 0.717) is 12.1 Å². The maximum Gasteiger partial charge on any atom is 0.251 e. The fourth-order valence-corrected chi connectivity index (χ4v) is 2.63. The summed E-state index contributed by atoms with van der Waals surface area (Å²) in [6, 6.07) is 11.2. The lowest BCUT2D eigenvalue weighted by Crippen LogP contribution is -2.19. The number of pyridine rings is 1. The fourth-order valence-electron chi connectivity index (χ4n) is 2.63. The van der Waals surface area contributed by atoms with Crippen LogP contribution in [-0.4, -0.2) is 10.4 Å². The lowest BCUT2D eigenvalue weighted by Gasteiger charge is -2.08. The van der Waals surface area contributed by atoms with Gasteiger partial charge in [-0.25, -0.2) is 0 Å². The van der Waals surface area contributed by atoms with E-state index in [0.717, 1.165) is 24.0 Å². The molecule has 122 valence electrons. The van der Waals surface area contributed by atoms with Crippen molar-refractivity contribution in [3.63, 3.8) is 0 Å². The van der Waals surface area contributed by atoms with Crippen LogP contribution in [0.15, 0.2) is 47.4 Å². The third-order valence-corrected chi connectivity index (χ3v) is 4.09. The molecular formula is C20H25NO2. The summed E-state index contributed by atoms with van der Waals surface area (Å²) in [6.07, 6.45) is 7.70. The number of ketones is 1. The minimum atomic E-state index is 0.0358. The van der Waals surface area contributed by atoms with Gasteiger partial charge in [0.05, 0.1) is 6.54 Å². The number of aromatic nitrogens is 1. The summed E-state index contributed by atoms with van der Waals surface area (Å²) in [6.45, 7) is 4.29. The number of carbonyl (C=O) groups is 1. The molecule has 3 heteroatoms. The Morgan fingerprint density at radius 2 is 1.74 bits per heavy atom. The molecule has 0 atom stereocenters. The normalized spacial score (nSPS) is 10.7. The van der Waals surface area contributed by atoms with Crippen LogP contribution in [0.2, 0.25) is 0 Å². The van der Waals surface area contributed by atoms with E-state index in [1.807, 2.05) is 36.5 Å². The molecule has 0 saturated heterocycles. The molecule has 0 aliphatic rings. The quantitative estimate of drug-likeness (QED) is 0.541. The van der Waals surface area contributed by atoms with Crippen molar-refractivity contribution in [3.05, 3.63) is 69.6 Å². The minimum absolute atomic E-state index is 0.0358. The molecule has 0 aliphatic carbocycles. The highest BCUT2D eigenvalue weighted by atomic mass is 16.1. The van der Waals surface area contributed by atoms with Gasteiger partial charge in [-0.1, -0.05) is 50.5 Å². The van der Waals surface area contributed by atoms with Gasteiger partial charge in [-0.15, -0.1) is 0 Å². The molecule has 0 amide bonds. The second kappa shape index (κ2) is 8.47. The van der Waals surface area contributed by atoms with E-state index in [1.165, 1.54) is 19.3 Å². The van der Waals surface area contributed by atoms with Gasteiger partial charge in [0, 0.05) is 17.8 Å². The van der Waals surface area contributed by atoms with Crippen molar-refractivity contribution in [3.8, 4) is 0 Å². The van der Waals surface area contributed by atoms with Crippen LogP contribution < -0.4 is 5.56 Å². The first-order valence-corrected chi connectivity index (χ1v) is 8.39.